The Kier molecular flexibility index (Phi) is 7.28. The summed E-state index contributed by atoms with van der Waals surface area (Å²) in [7, 11) is 0. The lowest BCUT2D eigenvalue weighted by Crippen LogP contribution is -2.17. The van der Waals surface area contributed by atoms with Crippen LogP contribution >= 0.6 is 34.8 Å². The van der Waals surface area contributed by atoms with Gasteiger partial charge in [-0.15, -0.1) is 0 Å². The molecule has 170 valence electrons. The summed E-state index contributed by atoms with van der Waals surface area (Å²) in [6.07, 6.45) is 4.56. The molecule has 8 nitrogen and oxygen atoms in total. The summed E-state index contributed by atoms with van der Waals surface area (Å²) in [4.78, 5) is 28.2. The average molecular weight is 513 g/mol. The zero-order valence-corrected chi connectivity index (χ0v) is 19.7. The van der Waals surface area contributed by atoms with Crippen LogP contribution in [0, 0.1) is 11.3 Å². The normalized spacial score (nSPS) is 10.5. The molecule has 0 amide bonds. The minimum atomic E-state index is -0.340. The number of hydrogen-bond donors (Lipinski definition) is 3. The molecule has 4 aromatic rings. The van der Waals surface area contributed by atoms with Crippen molar-refractivity contribution in [2.75, 3.05) is 23.7 Å². The lowest BCUT2D eigenvalue weighted by atomic mass is 10.0. The largest absolute Gasteiger partial charge is 0.367 e. The van der Waals surface area contributed by atoms with Crippen LogP contribution in [0.2, 0.25) is 15.1 Å². The summed E-state index contributed by atoms with van der Waals surface area (Å²) in [5.41, 5.74) is 1.90. The Balaban J connectivity index is 1.63. The van der Waals surface area contributed by atoms with Gasteiger partial charge in [0.15, 0.2) is 0 Å². The van der Waals surface area contributed by atoms with Crippen molar-refractivity contribution in [3.8, 4) is 28.5 Å². The molecule has 11 heteroatoms. The summed E-state index contributed by atoms with van der Waals surface area (Å²) in [6, 6.07) is 12.0. The molecule has 3 heterocycles. The van der Waals surface area contributed by atoms with E-state index in [1.165, 1.54) is 12.4 Å². The smallest absolute Gasteiger partial charge is 0.256 e. The van der Waals surface area contributed by atoms with Crippen LogP contribution < -0.4 is 16.2 Å². The van der Waals surface area contributed by atoms with E-state index in [0.29, 0.717) is 67.9 Å². The van der Waals surface area contributed by atoms with Crippen molar-refractivity contribution in [3.63, 3.8) is 0 Å². The second-order valence-electron chi connectivity index (χ2n) is 7.01. The molecular formula is C23H16Cl3N7O. The zero-order chi connectivity index (χ0) is 24.1. The van der Waals surface area contributed by atoms with Gasteiger partial charge in [-0.2, -0.15) is 5.26 Å². The van der Waals surface area contributed by atoms with E-state index in [0.717, 1.165) is 0 Å². The number of pyridine rings is 2. The van der Waals surface area contributed by atoms with Crippen LogP contribution in [0.15, 0.2) is 59.8 Å². The van der Waals surface area contributed by atoms with E-state index < -0.39 is 0 Å². The van der Waals surface area contributed by atoms with E-state index in [-0.39, 0.29) is 5.56 Å². The molecule has 0 unspecified atom stereocenters. The summed E-state index contributed by atoms with van der Waals surface area (Å²) in [5.74, 6) is 0.823. The molecule has 0 saturated heterocycles. The van der Waals surface area contributed by atoms with Crippen molar-refractivity contribution in [2.24, 2.45) is 0 Å². The lowest BCUT2D eigenvalue weighted by molar-refractivity contribution is 1.02. The first-order valence-electron chi connectivity index (χ1n) is 10.00. The van der Waals surface area contributed by atoms with Crippen LogP contribution in [0.25, 0.3) is 22.4 Å². The molecule has 3 aromatic heterocycles. The summed E-state index contributed by atoms with van der Waals surface area (Å²) in [6.45, 7) is 0.897. The molecular weight excluding hydrogens is 497 g/mol. The van der Waals surface area contributed by atoms with Gasteiger partial charge in [0.05, 0.1) is 26.9 Å². The Labute approximate surface area is 209 Å². The number of nitriles is 1. The third-order valence-electron chi connectivity index (χ3n) is 4.76. The van der Waals surface area contributed by atoms with Gasteiger partial charge < -0.3 is 15.6 Å². The van der Waals surface area contributed by atoms with Crippen LogP contribution in [0.3, 0.4) is 0 Å². The monoisotopic (exact) mass is 511 g/mol. The minimum absolute atomic E-state index is 0.306. The van der Waals surface area contributed by atoms with Crippen LogP contribution in [0.5, 0.6) is 0 Å². The van der Waals surface area contributed by atoms with Crippen LogP contribution in [-0.4, -0.2) is 33.0 Å². The number of aromatic amines is 1. The number of rotatable bonds is 7. The molecule has 34 heavy (non-hydrogen) atoms. The van der Waals surface area contributed by atoms with Crippen molar-refractivity contribution >= 4 is 46.6 Å². The highest BCUT2D eigenvalue weighted by molar-refractivity contribution is 6.36. The lowest BCUT2D eigenvalue weighted by Gasteiger charge is -2.13. The fourth-order valence-electron chi connectivity index (χ4n) is 3.20. The van der Waals surface area contributed by atoms with E-state index in [4.69, 9.17) is 34.8 Å². The maximum Gasteiger partial charge on any atom is 0.256 e. The van der Waals surface area contributed by atoms with Gasteiger partial charge in [0.1, 0.15) is 11.9 Å². The number of nitrogens with one attached hydrogen (secondary N) is 3. The van der Waals surface area contributed by atoms with Crippen LogP contribution in [-0.2, 0) is 0 Å². The number of aromatic nitrogens is 4. The van der Waals surface area contributed by atoms with Crippen LogP contribution in [0.4, 0.5) is 11.8 Å². The first-order valence-corrected chi connectivity index (χ1v) is 11.1. The summed E-state index contributed by atoms with van der Waals surface area (Å²) < 4.78 is 0. The van der Waals surface area contributed by atoms with E-state index in [9.17, 15) is 10.1 Å². The predicted octanol–water partition coefficient (Wildman–Crippen LogP) is 5.25. The first-order chi connectivity index (χ1) is 16.5. The van der Waals surface area contributed by atoms with Gasteiger partial charge >= 0.3 is 0 Å². The highest BCUT2D eigenvalue weighted by Gasteiger charge is 2.17. The second-order valence-corrected chi connectivity index (χ2v) is 8.29. The molecule has 0 aliphatic carbocycles. The van der Waals surface area contributed by atoms with Crippen molar-refractivity contribution in [2.45, 2.75) is 0 Å². The minimum Gasteiger partial charge on any atom is -0.367 e. The number of benzene rings is 1. The number of hydrogen-bond acceptors (Lipinski definition) is 7. The standard InChI is InChI=1S/C23H16Cl3N7O/c24-14-3-4-16(19(26)9-14)20-18(17-8-15(25)11-31-22(17)34)12-32-23(33-20)30-7-6-29-21-13(10-27)2-1-5-28-21/h1-5,8-9,11-12H,6-7H2,(H,28,29)(H,31,34)(H,30,32,33). The molecule has 0 saturated carbocycles. The summed E-state index contributed by atoms with van der Waals surface area (Å²) in [5, 5.41) is 16.6. The molecule has 0 fully saturated rings. The van der Waals surface area contributed by atoms with E-state index >= 15 is 0 Å². The maximum absolute atomic E-state index is 12.5. The predicted molar refractivity (Wildman–Crippen MR) is 134 cm³/mol. The van der Waals surface area contributed by atoms with Crippen LogP contribution in [0.1, 0.15) is 5.56 Å². The van der Waals surface area contributed by atoms with E-state index in [1.54, 1.807) is 42.6 Å². The quantitative estimate of drug-likeness (QED) is 0.289. The molecule has 0 aliphatic heterocycles. The van der Waals surface area contributed by atoms with Gasteiger partial charge in [0.25, 0.3) is 5.56 Å². The number of halogens is 3. The fraction of sp³-hybridized carbons (Fsp3) is 0.0870. The van der Waals surface area contributed by atoms with Gasteiger partial charge in [-0.1, -0.05) is 34.8 Å². The summed E-state index contributed by atoms with van der Waals surface area (Å²) >= 11 is 18.6. The highest BCUT2D eigenvalue weighted by atomic mass is 35.5. The molecule has 4 rings (SSSR count). The third-order valence-corrected chi connectivity index (χ3v) is 5.53. The van der Waals surface area contributed by atoms with Crippen molar-refractivity contribution in [3.05, 3.63) is 86.0 Å². The molecule has 3 N–H and O–H groups in total. The van der Waals surface area contributed by atoms with E-state index in [2.05, 4.69) is 36.6 Å². The Morgan fingerprint density at radius 1 is 0.971 bits per heavy atom. The van der Waals surface area contributed by atoms with E-state index in [1.807, 2.05) is 0 Å². The Morgan fingerprint density at radius 2 is 1.79 bits per heavy atom. The Hall–Kier alpha value is -3.64. The maximum atomic E-state index is 12.5. The van der Waals surface area contributed by atoms with Gasteiger partial charge in [-0.3, -0.25) is 4.79 Å². The Morgan fingerprint density at radius 3 is 2.59 bits per heavy atom. The molecule has 0 atom stereocenters. The SMILES string of the molecule is N#Cc1cccnc1NCCNc1ncc(-c2cc(Cl)c[nH]c2=O)c(-c2ccc(Cl)cc2Cl)n1. The molecule has 0 aliphatic rings. The van der Waals surface area contributed by atoms with Gasteiger partial charge in [-0.25, -0.2) is 15.0 Å². The molecule has 1 aromatic carbocycles. The van der Waals surface area contributed by atoms with Crippen molar-refractivity contribution < 1.29 is 0 Å². The molecule has 0 bridgehead atoms. The first kappa shape index (κ1) is 23.5. The second kappa shape index (κ2) is 10.5. The Bertz CT molecular complexity index is 1450. The number of anilines is 2. The fourth-order valence-corrected chi connectivity index (χ4v) is 3.86. The number of nitrogens with zero attached hydrogens (tertiary/aromatic N) is 4. The van der Waals surface area contributed by atoms with Gasteiger partial charge in [0, 0.05) is 47.8 Å². The average Bonchev–Trinajstić information content (AvgIpc) is 2.83. The van der Waals surface area contributed by atoms with Gasteiger partial charge in [0.2, 0.25) is 5.95 Å². The number of H-pyrrole nitrogens is 1. The topological polar surface area (TPSA) is 119 Å². The molecule has 0 spiro atoms. The van der Waals surface area contributed by atoms with Crippen molar-refractivity contribution in [1.29, 1.82) is 5.26 Å². The van der Waals surface area contributed by atoms with Gasteiger partial charge in [-0.05, 0) is 36.4 Å². The third kappa shape index (κ3) is 5.29. The zero-order valence-electron chi connectivity index (χ0n) is 17.4. The molecule has 0 radical (unpaired) electrons. The van der Waals surface area contributed by atoms with Crippen molar-refractivity contribution in [1.82, 2.24) is 19.9 Å². The highest BCUT2D eigenvalue weighted by Crippen LogP contribution is 2.35.